The molecule has 1 aliphatic rings. The van der Waals surface area contributed by atoms with Crippen molar-refractivity contribution in [1.29, 1.82) is 0 Å². The fourth-order valence-electron chi connectivity index (χ4n) is 1.75. The number of rotatable bonds is 3. The average molecular weight is 319 g/mol. The van der Waals surface area contributed by atoms with Crippen LogP contribution in [0.3, 0.4) is 0 Å². The van der Waals surface area contributed by atoms with Gasteiger partial charge >= 0.3 is 0 Å². The molecule has 1 aromatic rings. The molecule has 5 heteroatoms. The van der Waals surface area contributed by atoms with Crippen molar-refractivity contribution in [3.8, 4) is 0 Å². The van der Waals surface area contributed by atoms with Crippen LogP contribution in [0.1, 0.15) is 16.8 Å². The van der Waals surface area contributed by atoms with E-state index in [0.29, 0.717) is 23.0 Å². The molecule has 1 fully saturated rings. The van der Waals surface area contributed by atoms with E-state index < -0.39 is 0 Å². The van der Waals surface area contributed by atoms with Crippen LogP contribution in [0.15, 0.2) is 22.7 Å². The molecule has 17 heavy (non-hydrogen) atoms. The normalized spacial score (nSPS) is 19.3. The SMILES string of the molecule is O=C(NCC1CCOC1)c1cc(Br)ccc1Cl. The standard InChI is InChI=1S/C12H13BrClNO2/c13-9-1-2-11(14)10(5-9)12(16)15-6-8-3-4-17-7-8/h1-2,5,8H,3-4,6-7H2,(H,15,16). The lowest BCUT2D eigenvalue weighted by atomic mass is 10.1. The Morgan fingerprint density at radius 1 is 1.59 bits per heavy atom. The molecule has 1 amide bonds. The maximum Gasteiger partial charge on any atom is 0.252 e. The van der Waals surface area contributed by atoms with Crippen molar-refractivity contribution in [3.63, 3.8) is 0 Å². The number of carbonyl (C=O) groups is 1. The minimum absolute atomic E-state index is 0.136. The number of nitrogens with one attached hydrogen (secondary N) is 1. The first-order valence-electron chi connectivity index (χ1n) is 5.48. The summed E-state index contributed by atoms with van der Waals surface area (Å²) in [5.74, 6) is 0.285. The third kappa shape index (κ3) is 3.44. The zero-order valence-electron chi connectivity index (χ0n) is 9.21. The van der Waals surface area contributed by atoms with Gasteiger partial charge in [-0.1, -0.05) is 27.5 Å². The zero-order valence-corrected chi connectivity index (χ0v) is 11.6. The van der Waals surface area contributed by atoms with Crippen LogP contribution in [0.4, 0.5) is 0 Å². The molecule has 3 nitrogen and oxygen atoms in total. The first kappa shape index (κ1) is 12.9. The van der Waals surface area contributed by atoms with Gasteiger partial charge in [0.1, 0.15) is 0 Å². The van der Waals surface area contributed by atoms with Crippen molar-refractivity contribution in [3.05, 3.63) is 33.3 Å². The number of amides is 1. The van der Waals surface area contributed by atoms with Gasteiger partial charge in [0.25, 0.3) is 5.91 Å². The third-order valence-electron chi connectivity index (χ3n) is 2.75. The summed E-state index contributed by atoms with van der Waals surface area (Å²) < 4.78 is 6.10. The molecule has 1 unspecified atom stereocenters. The van der Waals surface area contributed by atoms with Gasteiger partial charge in [0.2, 0.25) is 0 Å². The summed E-state index contributed by atoms with van der Waals surface area (Å²) in [4.78, 5) is 11.9. The maximum atomic E-state index is 11.9. The van der Waals surface area contributed by atoms with Gasteiger partial charge in [-0.15, -0.1) is 0 Å². The Morgan fingerprint density at radius 2 is 2.41 bits per heavy atom. The van der Waals surface area contributed by atoms with E-state index >= 15 is 0 Å². The first-order valence-corrected chi connectivity index (χ1v) is 6.65. The lowest BCUT2D eigenvalue weighted by Gasteiger charge is -2.10. The quantitative estimate of drug-likeness (QED) is 0.930. The van der Waals surface area contributed by atoms with Gasteiger partial charge in [0.05, 0.1) is 17.2 Å². The largest absolute Gasteiger partial charge is 0.381 e. The monoisotopic (exact) mass is 317 g/mol. The van der Waals surface area contributed by atoms with Crippen molar-refractivity contribution in [2.75, 3.05) is 19.8 Å². The Hall–Kier alpha value is -0.580. The van der Waals surface area contributed by atoms with Crippen LogP contribution in [-0.2, 0) is 4.74 Å². The van der Waals surface area contributed by atoms with Crippen LogP contribution in [-0.4, -0.2) is 25.7 Å². The number of ether oxygens (including phenoxy) is 1. The summed E-state index contributed by atoms with van der Waals surface area (Å²) in [6, 6.07) is 5.24. The summed E-state index contributed by atoms with van der Waals surface area (Å²) in [6.45, 7) is 2.16. The van der Waals surface area contributed by atoms with Gasteiger partial charge in [-0.3, -0.25) is 4.79 Å². The van der Waals surface area contributed by atoms with Crippen molar-refractivity contribution < 1.29 is 9.53 Å². The Balaban J connectivity index is 1.96. The van der Waals surface area contributed by atoms with Crippen molar-refractivity contribution in [2.45, 2.75) is 6.42 Å². The molecule has 1 heterocycles. The minimum Gasteiger partial charge on any atom is -0.381 e. The molecule has 0 spiro atoms. The van der Waals surface area contributed by atoms with Crippen LogP contribution in [0.5, 0.6) is 0 Å². The summed E-state index contributed by atoms with van der Waals surface area (Å²) >= 11 is 9.30. The van der Waals surface area contributed by atoms with Crippen molar-refractivity contribution in [1.82, 2.24) is 5.32 Å². The summed E-state index contributed by atoms with van der Waals surface area (Å²) in [7, 11) is 0. The number of benzene rings is 1. The highest BCUT2D eigenvalue weighted by Crippen LogP contribution is 2.21. The second-order valence-corrected chi connectivity index (χ2v) is 5.39. The Labute approximate surface area is 114 Å². The predicted octanol–water partition coefficient (Wildman–Crippen LogP) is 2.87. The average Bonchev–Trinajstić information content (AvgIpc) is 2.82. The lowest BCUT2D eigenvalue weighted by Crippen LogP contribution is -2.29. The van der Waals surface area contributed by atoms with Crippen LogP contribution < -0.4 is 5.32 Å². The number of carbonyl (C=O) groups excluding carboxylic acids is 1. The molecule has 92 valence electrons. The van der Waals surface area contributed by atoms with Crippen LogP contribution in [0.2, 0.25) is 5.02 Å². The molecular formula is C12H13BrClNO2. The van der Waals surface area contributed by atoms with E-state index in [9.17, 15) is 4.79 Å². The van der Waals surface area contributed by atoms with E-state index in [1.165, 1.54) is 0 Å². The van der Waals surface area contributed by atoms with Crippen LogP contribution in [0.25, 0.3) is 0 Å². The van der Waals surface area contributed by atoms with E-state index in [4.69, 9.17) is 16.3 Å². The van der Waals surface area contributed by atoms with E-state index in [1.807, 2.05) is 6.07 Å². The molecule has 0 bridgehead atoms. The second-order valence-electron chi connectivity index (χ2n) is 4.06. The molecule has 1 aromatic carbocycles. The topological polar surface area (TPSA) is 38.3 Å². The summed E-state index contributed by atoms with van der Waals surface area (Å²) in [5.41, 5.74) is 0.500. The van der Waals surface area contributed by atoms with E-state index in [0.717, 1.165) is 24.1 Å². The second kappa shape index (κ2) is 5.85. The van der Waals surface area contributed by atoms with Gasteiger partial charge in [-0.2, -0.15) is 0 Å². The molecule has 1 N–H and O–H groups in total. The maximum absolute atomic E-state index is 11.9. The Kier molecular flexibility index (Phi) is 4.42. The molecule has 0 radical (unpaired) electrons. The number of hydrogen-bond donors (Lipinski definition) is 1. The molecule has 1 aliphatic heterocycles. The molecule has 0 aromatic heterocycles. The van der Waals surface area contributed by atoms with Crippen molar-refractivity contribution >= 4 is 33.4 Å². The molecule has 0 saturated carbocycles. The smallest absolute Gasteiger partial charge is 0.252 e. The van der Waals surface area contributed by atoms with Crippen LogP contribution >= 0.6 is 27.5 Å². The minimum atomic E-state index is -0.136. The highest BCUT2D eigenvalue weighted by Gasteiger charge is 2.17. The predicted molar refractivity (Wildman–Crippen MR) is 70.4 cm³/mol. The molecule has 1 saturated heterocycles. The zero-order chi connectivity index (χ0) is 12.3. The van der Waals surface area contributed by atoms with Crippen molar-refractivity contribution in [2.24, 2.45) is 5.92 Å². The molecule has 2 rings (SSSR count). The lowest BCUT2D eigenvalue weighted by molar-refractivity contribution is 0.0945. The van der Waals surface area contributed by atoms with Gasteiger partial charge < -0.3 is 10.1 Å². The Morgan fingerprint density at radius 3 is 3.12 bits per heavy atom. The van der Waals surface area contributed by atoms with Gasteiger partial charge in [-0.05, 0) is 24.6 Å². The first-order chi connectivity index (χ1) is 8.16. The fraction of sp³-hybridized carbons (Fsp3) is 0.417. The van der Waals surface area contributed by atoms with Gasteiger partial charge in [0, 0.05) is 23.5 Å². The van der Waals surface area contributed by atoms with E-state index in [-0.39, 0.29) is 5.91 Å². The summed E-state index contributed by atoms with van der Waals surface area (Å²) in [6.07, 6.45) is 1.01. The summed E-state index contributed by atoms with van der Waals surface area (Å²) in [5, 5.41) is 3.35. The Bertz CT molecular complexity index is 419. The van der Waals surface area contributed by atoms with E-state index in [1.54, 1.807) is 12.1 Å². The molecular weight excluding hydrogens is 305 g/mol. The third-order valence-corrected chi connectivity index (χ3v) is 3.57. The van der Waals surface area contributed by atoms with Gasteiger partial charge in [-0.25, -0.2) is 0 Å². The fourth-order valence-corrected chi connectivity index (χ4v) is 2.31. The number of halogens is 2. The number of hydrogen-bond acceptors (Lipinski definition) is 2. The highest BCUT2D eigenvalue weighted by molar-refractivity contribution is 9.10. The molecule has 1 atom stereocenters. The van der Waals surface area contributed by atoms with Gasteiger partial charge in [0.15, 0.2) is 0 Å². The highest BCUT2D eigenvalue weighted by atomic mass is 79.9. The molecule has 0 aliphatic carbocycles. The van der Waals surface area contributed by atoms with E-state index in [2.05, 4.69) is 21.2 Å². The van der Waals surface area contributed by atoms with Crippen LogP contribution in [0, 0.1) is 5.92 Å².